The number of carbonyl (C=O) groups excluding carboxylic acids is 2. The number of carbonyl (C=O) groups is 2. The number of nitrogens with two attached hydrogens (primary N) is 1. The lowest BCUT2D eigenvalue weighted by atomic mass is 10.0. The number of nitrogens with zero attached hydrogens (tertiary/aromatic N) is 3. The maximum atomic E-state index is 13.5. The summed E-state index contributed by atoms with van der Waals surface area (Å²) in [5.74, 6) is -0.834. The highest BCUT2D eigenvalue weighted by molar-refractivity contribution is 8.03. The number of hydrogen-bond donors (Lipinski definition) is 2. The van der Waals surface area contributed by atoms with Crippen LogP contribution < -0.4 is 21.1 Å². The van der Waals surface area contributed by atoms with Crippen molar-refractivity contribution in [2.45, 2.75) is 5.25 Å². The number of nitrogens with one attached hydrogen (secondary N) is 1. The van der Waals surface area contributed by atoms with Crippen molar-refractivity contribution in [1.29, 1.82) is 5.26 Å². The number of para-hydroxylation sites is 2. The summed E-state index contributed by atoms with van der Waals surface area (Å²) >= 11 is 1.26. The van der Waals surface area contributed by atoms with Crippen molar-refractivity contribution in [3.05, 3.63) is 119 Å². The largest absolute Gasteiger partial charge is 0.384 e. The minimum absolute atomic E-state index is 0.0291. The highest BCUT2D eigenvalue weighted by atomic mass is 32.2. The average Bonchev–Trinajstić information content (AvgIpc) is 3.18. The second kappa shape index (κ2) is 8.81. The minimum atomic E-state index is -0.530. The van der Waals surface area contributed by atoms with E-state index < -0.39 is 17.1 Å². The van der Waals surface area contributed by atoms with E-state index in [0.717, 1.165) is 5.56 Å². The Kier molecular flexibility index (Phi) is 5.54. The minimum Gasteiger partial charge on any atom is -0.384 e. The first-order valence-corrected chi connectivity index (χ1v) is 11.4. The monoisotopic (exact) mass is 465 g/mol. The molecule has 3 N–H and O–H groups in total. The van der Waals surface area contributed by atoms with Crippen molar-refractivity contribution < 1.29 is 9.59 Å². The van der Waals surface area contributed by atoms with E-state index in [1.54, 1.807) is 29.2 Å². The maximum Gasteiger partial charge on any atom is 0.285 e. The van der Waals surface area contributed by atoms with E-state index in [2.05, 4.69) is 11.5 Å². The molecule has 2 aliphatic rings. The van der Waals surface area contributed by atoms with Crippen LogP contribution in [0.25, 0.3) is 0 Å². The summed E-state index contributed by atoms with van der Waals surface area (Å²) in [5.41, 5.74) is 11.6. The predicted octanol–water partition coefficient (Wildman–Crippen LogP) is 3.96. The van der Waals surface area contributed by atoms with E-state index in [4.69, 9.17) is 5.73 Å². The molecule has 3 aromatic rings. The molecule has 2 amide bonds. The average molecular weight is 466 g/mol. The highest BCUT2D eigenvalue weighted by Gasteiger charge is 2.43. The molecule has 1 saturated heterocycles. The number of nitriles is 1. The van der Waals surface area contributed by atoms with Crippen LogP contribution in [-0.4, -0.2) is 11.8 Å². The first kappa shape index (κ1) is 21.4. The number of rotatable bonds is 3. The van der Waals surface area contributed by atoms with Gasteiger partial charge >= 0.3 is 0 Å². The molecule has 5 rings (SSSR count). The molecule has 0 aromatic heterocycles. The highest BCUT2D eigenvalue weighted by Crippen LogP contribution is 2.50. The molecule has 1 atom stereocenters. The van der Waals surface area contributed by atoms with Gasteiger partial charge in [-0.25, -0.2) is 5.01 Å². The third kappa shape index (κ3) is 3.58. The molecule has 1 fully saturated rings. The van der Waals surface area contributed by atoms with E-state index >= 15 is 0 Å². The Morgan fingerprint density at radius 2 is 1.41 bits per heavy atom. The van der Waals surface area contributed by atoms with Crippen molar-refractivity contribution in [3.63, 3.8) is 0 Å². The molecular formula is C26H19N5O2S. The van der Waals surface area contributed by atoms with Crippen molar-refractivity contribution >= 4 is 35.0 Å². The SMILES string of the molecule is N#CC1=C(N)N(c2ccccc2)C(=C2C(=O)NN(c3ccccc3)C2=O)S[C@@H]1c1ccccc1. The quantitative estimate of drug-likeness (QED) is 0.448. The molecule has 7 nitrogen and oxygen atoms in total. The van der Waals surface area contributed by atoms with Gasteiger partial charge in [0.05, 0.1) is 16.5 Å². The smallest absolute Gasteiger partial charge is 0.285 e. The number of anilines is 2. The van der Waals surface area contributed by atoms with Gasteiger partial charge in [-0.2, -0.15) is 5.26 Å². The van der Waals surface area contributed by atoms with E-state index in [-0.39, 0.29) is 11.4 Å². The summed E-state index contributed by atoms with van der Waals surface area (Å²) in [6.07, 6.45) is 0. The van der Waals surface area contributed by atoms with Gasteiger partial charge in [-0.05, 0) is 29.8 Å². The maximum absolute atomic E-state index is 13.5. The molecule has 166 valence electrons. The Balaban J connectivity index is 1.71. The van der Waals surface area contributed by atoms with Gasteiger partial charge in [-0.1, -0.05) is 78.5 Å². The Hall–Kier alpha value is -4.48. The van der Waals surface area contributed by atoms with Gasteiger partial charge in [0.25, 0.3) is 11.8 Å². The molecule has 0 saturated carbocycles. The fraction of sp³-hybridized carbons (Fsp3) is 0.0385. The zero-order valence-corrected chi connectivity index (χ0v) is 18.7. The summed E-state index contributed by atoms with van der Waals surface area (Å²) < 4.78 is 0. The molecular weight excluding hydrogens is 446 g/mol. The van der Waals surface area contributed by atoms with Gasteiger partial charge in [0.1, 0.15) is 22.5 Å². The molecule has 0 radical (unpaired) electrons. The summed E-state index contributed by atoms with van der Waals surface area (Å²) in [6.45, 7) is 0. The van der Waals surface area contributed by atoms with Crippen molar-refractivity contribution in [1.82, 2.24) is 5.43 Å². The predicted molar refractivity (Wildman–Crippen MR) is 132 cm³/mol. The van der Waals surface area contributed by atoms with Crippen LogP contribution in [0.15, 0.2) is 113 Å². The second-order valence-electron chi connectivity index (χ2n) is 7.59. The third-order valence-corrected chi connectivity index (χ3v) is 6.89. The standard InChI is InChI=1S/C26H19N5O2S/c27-16-20-22(17-10-4-1-5-11-17)34-26(30(23(20)28)18-12-6-2-7-13-18)21-24(32)29-31(25(21)33)19-14-8-3-9-15-19/h1-15,22H,28H2,(H,29,32)/t22-/m1/s1. The van der Waals surface area contributed by atoms with E-state index in [9.17, 15) is 14.9 Å². The first-order valence-electron chi connectivity index (χ1n) is 10.5. The summed E-state index contributed by atoms with van der Waals surface area (Å²) in [7, 11) is 0. The number of hydrazine groups is 1. The van der Waals surface area contributed by atoms with Crippen LogP contribution in [-0.2, 0) is 9.59 Å². The van der Waals surface area contributed by atoms with E-state index in [0.29, 0.717) is 22.0 Å². The van der Waals surface area contributed by atoms with Gasteiger partial charge in [0.15, 0.2) is 0 Å². The molecule has 0 unspecified atom stereocenters. The zero-order valence-electron chi connectivity index (χ0n) is 17.9. The molecule has 0 spiro atoms. The van der Waals surface area contributed by atoms with Crippen LogP contribution in [0.4, 0.5) is 11.4 Å². The lowest BCUT2D eigenvalue weighted by Crippen LogP contribution is -2.35. The topological polar surface area (TPSA) is 102 Å². The number of amides is 2. The summed E-state index contributed by atoms with van der Waals surface area (Å²) in [4.78, 5) is 28.3. The lowest BCUT2D eigenvalue weighted by molar-refractivity contribution is -0.117. The van der Waals surface area contributed by atoms with Crippen LogP contribution in [0.3, 0.4) is 0 Å². The van der Waals surface area contributed by atoms with Gasteiger partial charge in [-0.15, -0.1) is 0 Å². The fourth-order valence-corrected chi connectivity index (χ4v) is 5.35. The van der Waals surface area contributed by atoms with Crippen LogP contribution in [0.5, 0.6) is 0 Å². The second-order valence-corrected chi connectivity index (χ2v) is 8.68. The van der Waals surface area contributed by atoms with Crippen molar-refractivity contribution in [3.8, 4) is 6.07 Å². The van der Waals surface area contributed by atoms with Crippen LogP contribution in [0.1, 0.15) is 10.8 Å². The summed E-state index contributed by atoms with van der Waals surface area (Å²) in [6, 6.07) is 29.7. The molecule has 2 aliphatic heterocycles. The van der Waals surface area contributed by atoms with Crippen LogP contribution in [0, 0.1) is 11.3 Å². The normalized spacial score (nSPS) is 20.4. The third-order valence-electron chi connectivity index (χ3n) is 5.53. The molecule has 34 heavy (non-hydrogen) atoms. The zero-order chi connectivity index (χ0) is 23.7. The molecule has 3 aromatic carbocycles. The van der Waals surface area contributed by atoms with Gasteiger partial charge < -0.3 is 5.73 Å². The Morgan fingerprint density at radius 1 is 0.853 bits per heavy atom. The molecule has 8 heteroatoms. The van der Waals surface area contributed by atoms with Crippen LogP contribution in [0.2, 0.25) is 0 Å². The summed E-state index contributed by atoms with van der Waals surface area (Å²) in [5, 5.41) is 11.1. The fourth-order valence-electron chi connectivity index (χ4n) is 3.93. The molecule has 2 heterocycles. The number of hydrogen-bond acceptors (Lipinski definition) is 6. The molecule has 0 aliphatic carbocycles. The van der Waals surface area contributed by atoms with E-state index in [1.165, 1.54) is 16.8 Å². The number of thioether (sulfide) groups is 1. The van der Waals surface area contributed by atoms with Crippen molar-refractivity contribution in [2.24, 2.45) is 5.73 Å². The van der Waals surface area contributed by atoms with Gasteiger partial charge in [0, 0.05) is 5.69 Å². The first-order chi connectivity index (χ1) is 16.6. The van der Waals surface area contributed by atoms with Gasteiger partial charge in [0.2, 0.25) is 0 Å². The van der Waals surface area contributed by atoms with Crippen LogP contribution >= 0.6 is 11.8 Å². The lowest BCUT2D eigenvalue weighted by Gasteiger charge is -2.36. The van der Waals surface area contributed by atoms with E-state index in [1.807, 2.05) is 66.7 Å². The Bertz CT molecular complexity index is 1360. The Labute approximate surface area is 200 Å². The molecule has 0 bridgehead atoms. The Morgan fingerprint density at radius 3 is 2.00 bits per heavy atom. The number of benzene rings is 3. The van der Waals surface area contributed by atoms with Crippen molar-refractivity contribution in [2.75, 3.05) is 9.91 Å². The van der Waals surface area contributed by atoms with Gasteiger partial charge in [-0.3, -0.25) is 19.9 Å².